The van der Waals surface area contributed by atoms with E-state index in [1.54, 1.807) is 0 Å². The minimum Gasteiger partial charge on any atom is -0.309 e. The van der Waals surface area contributed by atoms with E-state index in [0.717, 1.165) is 6.54 Å². The maximum Gasteiger partial charge on any atom is 0.0415 e. The minimum absolute atomic E-state index is 0.358. The van der Waals surface area contributed by atoms with E-state index in [0.29, 0.717) is 17.4 Å². The molecule has 1 nitrogen and oxygen atoms in total. The van der Waals surface area contributed by atoms with Crippen molar-refractivity contribution in [2.45, 2.75) is 39.5 Å². The summed E-state index contributed by atoms with van der Waals surface area (Å²) in [6, 6.07) is 9.40. The van der Waals surface area contributed by atoms with Gasteiger partial charge in [0.05, 0.1) is 0 Å². The van der Waals surface area contributed by atoms with Crippen LogP contribution in [0.3, 0.4) is 0 Å². The lowest BCUT2D eigenvalue weighted by Gasteiger charge is -2.33. The van der Waals surface area contributed by atoms with Crippen molar-refractivity contribution in [2.75, 3.05) is 12.3 Å². The number of benzene rings is 1. The maximum absolute atomic E-state index is 3.78. The fourth-order valence-electron chi connectivity index (χ4n) is 2.14. The molecule has 0 saturated heterocycles. The molecule has 2 rings (SSSR count). The number of rotatable bonds is 4. The third kappa shape index (κ3) is 3.10. The summed E-state index contributed by atoms with van der Waals surface area (Å²) < 4.78 is 0. The molecule has 18 heavy (non-hydrogen) atoms. The van der Waals surface area contributed by atoms with Gasteiger partial charge >= 0.3 is 0 Å². The summed E-state index contributed by atoms with van der Waals surface area (Å²) in [6.45, 7) is 10.4. The second-order valence-corrected chi connectivity index (χ2v) is 7.32. The molecule has 0 saturated carbocycles. The number of nitrogens with one attached hydrogen (secondary N) is 1. The van der Waals surface area contributed by atoms with Crippen LogP contribution in [0, 0.1) is 11.3 Å². The van der Waals surface area contributed by atoms with Gasteiger partial charge < -0.3 is 5.32 Å². The molecule has 1 unspecified atom stereocenters. The Morgan fingerprint density at radius 1 is 1.33 bits per heavy atom. The maximum atomic E-state index is 3.78. The molecule has 0 aliphatic carbocycles. The third-order valence-electron chi connectivity index (χ3n) is 4.34. The molecule has 1 aromatic carbocycles. The van der Waals surface area contributed by atoms with Crippen molar-refractivity contribution in [3.8, 4) is 0 Å². The van der Waals surface area contributed by atoms with Crippen LogP contribution in [0.5, 0.6) is 0 Å². The van der Waals surface area contributed by atoms with Crippen molar-refractivity contribution >= 4 is 11.8 Å². The van der Waals surface area contributed by atoms with Gasteiger partial charge in [-0.2, -0.15) is 11.8 Å². The minimum atomic E-state index is 0.358. The van der Waals surface area contributed by atoms with E-state index in [4.69, 9.17) is 0 Å². The van der Waals surface area contributed by atoms with Gasteiger partial charge in [-0.25, -0.2) is 0 Å². The highest BCUT2D eigenvalue weighted by atomic mass is 32.2. The van der Waals surface area contributed by atoms with E-state index in [1.807, 2.05) is 11.8 Å². The fourth-order valence-corrected chi connectivity index (χ4v) is 3.28. The molecule has 1 aliphatic rings. The quantitative estimate of drug-likeness (QED) is 0.871. The molecular weight excluding hydrogens is 238 g/mol. The Bertz CT molecular complexity index is 398. The van der Waals surface area contributed by atoms with Gasteiger partial charge in [0.2, 0.25) is 0 Å². The molecule has 0 fully saturated rings. The van der Waals surface area contributed by atoms with E-state index in [1.165, 1.54) is 22.6 Å². The van der Waals surface area contributed by atoms with E-state index < -0.39 is 0 Å². The molecule has 2 heteroatoms. The molecular formula is C16H25NS. The first-order valence-electron chi connectivity index (χ1n) is 6.89. The molecule has 0 spiro atoms. The number of fused-ring (bicyclic) bond motifs is 1. The van der Waals surface area contributed by atoms with Crippen LogP contribution in [-0.2, 0) is 5.75 Å². The first-order chi connectivity index (χ1) is 8.50. The standard InChI is InChI=1S/C16H25NS/c1-12(2)16(3,4)11-17-15-10-18-9-13-7-5-6-8-14(13)15/h5-8,12,15,17H,9-11H2,1-4H3. The monoisotopic (exact) mass is 263 g/mol. The molecule has 1 aliphatic heterocycles. The Hall–Kier alpha value is -0.470. The van der Waals surface area contributed by atoms with Gasteiger partial charge in [0.25, 0.3) is 0 Å². The van der Waals surface area contributed by atoms with Gasteiger partial charge in [-0.05, 0) is 22.5 Å². The van der Waals surface area contributed by atoms with E-state index in [-0.39, 0.29) is 0 Å². The Morgan fingerprint density at radius 3 is 2.78 bits per heavy atom. The molecule has 1 N–H and O–H groups in total. The summed E-state index contributed by atoms with van der Waals surface area (Å²) in [5.41, 5.74) is 3.38. The smallest absolute Gasteiger partial charge is 0.0415 e. The van der Waals surface area contributed by atoms with Gasteiger partial charge in [-0.1, -0.05) is 52.0 Å². The van der Waals surface area contributed by atoms with Crippen LogP contribution in [0.25, 0.3) is 0 Å². The first kappa shape index (κ1) is 14.0. The average molecular weight is 263 g/mol. The summed E-state index contributed by atoms with van der Waals surface area (Å²) >= 11 is 2.04. The van der Waals surface area contributed by atoms with Gasteiger partial charge in [-0.15, -0.1) is 0 Å². The summed E-state index contributed by atoms with van der Waals surface area (Å²) in [5, 5.41) is 3.78. The highest BCUT2D eigenvalue weighted by molar-refractivity contribution is 7.98. The topological polar surface area (TPSA) is 12.0 Å². The number of thioether (sulfide) groups is 1. The van der Waals surface area contributed by atoms with Crippen molar-refractivity contribution < 1.29 is 0 Å². The second kappa shape index (κ2) is 5.66. The van der Waals surface area contributed by atoms with Crippen LogP contribution in [0.2, 0.25) is 0 Å². The normalized spacial score (nSPS) is 19.9. The zero-order chi connectivity index (χ0) is 13.2. The molecule has 0 bridgehead atoms. The SMILES string of the molecule is CC(C)C(C)(C)CNC1CSCc2ccccc21. The zero-order valence-corrected chi connectivity index (χ0v) is 12.8. The lowest BCUT2D eigenvalue weighted by atomic mass is 9.81. The van der Waals surface area contributed by atoms with Crippen LogP contribution in [-0.4, -0.2) is 12.3 Å². The predicted octanol–water partition coefficient (Wildman–Crippen LogP) is 4.25. The van der Waals surface area contributed by atoms with Crippen molar-refractivity contribution in [1.29, 1.82) is 0 Å². The van der Waals surface area contributed by atoms with E-state index in [2.05, 4.69) is 57.3 Å². The molecule has 1 heterocycles. The Balaban J connectivity index is 2.04. The van der Waals surface area contributed by atoms with Crippen LogP contribution >= 0.6 is 11.8 Å². The number of hydrogen-bond donors (Lipinski definition) is 1. The largest absolute Gasteiger partial charge is 0.309 e. The summed E-state index contributed by atoms with van der Waals surface area (Å²) in [6.07, 6.45) is 0. The van der Waals surface area contributed by atoms with Gasteiger partial charge in [0.1, 0.15) is 0 Å². The second-order valence-electron chi connectivity index (χ2n) is 6.29. The molecule has 1 atom stereocenters. The first-order valence-corrected chi connectivity index (χ1v) is 8.05. The van der Waals surface area contributed by atoms with Crippen molar-refractivity contribution in [3.05, 3.63) is 35.4 Å². The number of hydrogen-bond acceptors (Lipinski definition) is 2. The third-order valence-corrected chi connectivity index (χ3v) is 5.42. The molecule has 0 aromatic heterocycles. The lowest BCUT2D eigenvalue weighted by molar-refractivity contribution is 0.231. The zero-order valence-electron chi connectivity index (χ0n) is 12.0. The van der Waals surface area contributed by atoms with Crippen molar-refractivity contribution in [1.82, 2.24) is 5.32 Å². The van der Waals surface area contributed by atoms with Gasteiger partial charge in [0.15, 0.2) is 0 Å². The molecule has 1 aromatic rings. The predicted molar refractivity (Wildman–Crippen MR) is 82.0 cm³/mol. The molecule has 0 amide bonds. The van der Waals surface area contributed by atoms with E-state index >= 15 is 0 Å². The van der Waals surface area contributed by atoms with Crippen molar-refractivity contribution in [2.24, 2.45) is 11.3 Å². The fraction of sp³-hybridized carbons (Fsp3) is 0.625. The Labute approximate surface area is 116 Å². The lowest BCUT2D eigenvalue weighted by Crippen LogP contribution is -2.37. The Morgan fingerprint density at radius 2 is 2.06 bits per heavy atom. The van der Waals surface area contributed by atoms with Crippen LogP contribution in [0.15, 0.2) is 24.3 Å². The van der Waals surface area contributed by atoms with Crippen LogP contribution in [0.4, 0.5) is 0 Å². The summed E-state index contributed by atoms with van der Waals surface area (Å²) in [4.78, 5) is 0. The highest BCUT2D eigenvalue weighted by Crippen LogP contribution is 2.33. The summed E-state index contributed by atoms with van der Waals surface area (Å²) in [7, 11) is 0. The highest BCUT2D eigenvalue weighted by Gasteiger charge is 2.25. The van der Waals surface area contributed by atoms with Gasteiger partial charge in [-0.3, -0.25) is 0 Å². The van der Waals surface area contributed by atoms with Crippen LogP contribution < -0.4 is 5.32 Å². The van der Waals surface area contributed by atoms with Crippen molar-refractivity contribution in [3.63, 3.8) is 0 Å². The van der Waals surface area contributed by atoms with Gasteiger partial charge in [0, 0.05) is 24.1 Å². The summed E-state index contributed by atoms with van der Waals surface area (Å²) in [5.74, 6) is 3.07. The molecule has 100 valence electrons. The van der Waals surface area contributed by atoms with Crippen LogP contribution in [0.1, 0.15) is 44.9 Å². The molecule has 0 radical (unpaired) electrons. The van der Waals surface area contributed by atoms with E-state index in [9.17, 15) is 0 Å². The Kier molecular flexibility index (Phi) is 4.39. The average Bonchev–Trinajstić information content (AvgIpc) is 2.36.